The van der Waals surface area contributed by atoms with Crippen molar-refractivity contribution in [1.82, 2.24) is 4.98 Å². The summed E-state index contributed by atoms with van der Waals surface area (Å²) in [6.07, 6.45) is 0.179. The molecule has 0 atom stereocenters. The molecule has 0 unspecified atom stereocenters. The number of aliphatic hydroxyl groups excluding tert-OH is 1. The zero-order valence-corrected chi connectivity index (χ0v) is 18.9. The molecule has 1 heterocycles. The summed E-state index contributed by atoms with van der Waals surface area (Å²) in [6, 6.07) is 16.4. The highest BCUT2D eigenvalue weighted by molar-refractivity contribution is 6.30. The van der Waals surface area contributed by atoms with Gasteiger partial charge in [-0.2, -0.15) is 0 Å². The first-order chi connectivity index (χ1) is 15.9. The molecule has 0 saturated heterocycles. The minimum atomic E-state index is -0.416. The number of anilines is 2. The number of benzene rings is 2. The molecule has 0 bridgehead atoms. The van der Waals surface area contributed by atoms with Gasteiger partial charge < -0.3 is 25.2 Å². The van der Waals surface area contributed by atoms with Gasteiger partial charge in [0.1, 0.15) is 17.3 Å². The zero-order chi connectivity index (χ0) is 23.6. The molecule has 2 amide bonds. The van der Waals surface area contributed by atoms with Crippen LogP contribution in [-0.2, 0) is 16.0 Å². The number of amides is 2. The van der Waals surface area contributed by atoms with Crippen LogP contribution in [0.2, 0.25) is 10.0 Å². The molecule has 10 heteroatoms. The van der Waals surface area contributed by atoms with Crippen molar-refractivity contribution in [2.24, 2.45) is 0 Å². The number of carbonyl (C=O) groups is 2. The summed E-state index contributed by atoms with van der Waals surface area (Å²) in [5.41, 5.74) is 0.818. The quantitative estimate of drug-likeness (QED) is 0.397. The van der Waals surface area contributed by atoms with Crippen LogP contribution in [0.5, 0.6) is 11.5 Å². The number of ether oxygens (including phenoxy) is 2. The maximum Gasteiger partial charge on any atom is 0.263 e. The largest absolute Gasteiger partial charge is 0.484 e. The van der Waals surface area contributed by atoms with Gasteiger partial charge in [-0.25, -0.2) is 4.98 Å². The van der Waals surface area contributed by atoms with Crippen molar-refractivity contribution in [1.29, 1.82) is 0 Å². The molecule has 8 nitrogen and oxygen atoms in total. The number of hydrogen-bond donors (Lipinski definition) is 3. The van der Waals surface area contributed by atoms with Crippen LogP contribution in [0.3, 0.4) is 0 Å². The van der Waals surface area contributed by atoms with Crippen molar-refractivity contribution in [2.75, 3.05) is 30.5 Å². The van der Waals surface area contributed by atoms with Crippen LogP contribution in [0, 0.1) is 0 Å². The first kappa shape index (κ1) is 24.3. The summed E-state index contributed by atoms with van der Waals surface area (Å²) < 4.78 is 10.8. The average molecular weight is 490 g/mol. The maximum absolute atomic E-state index is 12.3. The molecule has 1 aromatic heterocycles. The molecule has 0 aliphatic rings. The van der Waals surface area contributed by atoms with Gasteiger partial charge in [0.05, 0.1) is 11.4 Å². The predicted octanol–water partition coefficient (Wildman–Crippen LogP) is 3.96. The lowest BCUT2D eigenvalue weighted by molar-refractivity contribution is -0.118. The Morgan fingerprint density at radius 2 is 1.30 bits per heavy atom. The van der Waals surface area contributed by atoms with Gasteiger partial charge in [-0.05, 0) is 60.7 Å². The maximum atomic E-state index is 12.3. The van der Waals surface area contributed by atoms with Crippen LogP contribution in [0.25, 0.3) is 0 Å². The first-order valence-corrected chi connectivity index (χ1v) is 10.7. The summed E-state index contributed by atoms with van der Waals surface area (Å²) in [7, 11) is 0. The summed E-state index contributed by atoms with van der Waals surface area (Å²) in [5, 5.41) is 15.8. The number of rotatable bonds is 10. The molecule has 0 aliphatic heterocycles. The Labute approximate surface area is 200 Å². The van der Waals surface area contributed by atoms with E-state index in [2.05, 4.69) is 15.6 Å². The minimum absolute atomic E-state index is 0.179. The van der Waals surface area contributed by atoms with E-state index in [4.69, 9.17) is 32.7 Å². The first-order valence-electron chi connectivity index (χ1n) is 9.90. The molecule has 172 valence electrons. The summed E-state index contributed by atoms with van der Waals surface area (Å²) in [4.78, 5) is 28.8. The van der Waals surface area contributed by atoms with Gasteiger partial charge in [-0.15, -0.1) is 0 Å². The predicted molar refractivity (Wildman–Crippen MR) is 126 cm³/mol. The highest BCUT2D eigenvalue weighted by atomic mass is 35.5. The molecule has 3 aromatic rings. The van der Waals surface area contributed by atoms with Crippen molar-refractivity contribution in [3.8, 4) is 11.5 Å². The Hall–Kier alpha value is -3.33. The van der Waals surface area contributed by atoms with E-state index in [0.29, 0.717) is 32.9 Å². The van der Waals surface area contributed by atoms with Crippen LogP contribution < -0.4 is 20.1 Å². The SMILES string of the molecule is O=C(COc1ccc(Cl)cc1)Nc1ccc(NC(=O)COc2ccc(Cl)cc2)c(CCO)n1. The Balaban J connectivity index is 1.55. The zero-order valence-electron chi connectivity index (χ0n) is 17.4. The van der Waals surface area contributed by atoms with E-state index >= 15 is 0 Å². The molecule has 33 heavy (non-hydrogen) atoms. The molecular weight excluding hydrogens is 469 g/mol. The number of aromatic nitrogens is 1. The molecule has 3 N–H and O–H groups in total. The lowest BCUT2D eigenvalue weighted by Gasteiger charge is -2.13. The van der Waals surface area contributed by atoms with Gasteiger partial charge in [0, 0.05) is 23.1 Å². The van der Waals surface area contributed by atoms with E-state index in [9.17, 15) is 14.7 Å². The lowest BCUT2D eigenvalue weighted by atomic mass is 10.2. The molecule has 0 radical (unpaired) electrons. The topological polar surface area (TPSA) is 110 Å². The fourth-order valence-corrected chi connectivity index (χ4v) is 2.96. The second-order valence-electron chi connectivity index (χ2n) is 6.75. The van der Waals surface area contributed by atoms with Gasteiger partial charge >= 0.3 is 0 Å². The fourth-order valence-electron chi connectivity index (χ4n) is 2.71. The second kappa shape index (κ2) is 12.1. The smallest absolute Gasteiger partial charge is 0.263 e. The number of hydrogen-bond acceptors (Lipinski definition) is 6. The van der Waals surface area contributed by atoms with Crippen molar-refractivity contribution in [2.45, 2.75) is 6.42 Å². The number of carbonyl (C=O) groups excluding carboxylic acids is 2. The van der Waals surface area contributed by atoms with Crippen LogP contribution in [-0.4, -0.2) is 41.7 Å². The van der Waals surface area contributed by atoms with Crippen LogP contribution in [0.1, 0.15) is 5.69 Å². The van der Waals surface area contributed by atoms with E-state index < -0.39 is 11.8 Å². The van der Waals surface area contributed by atoms with Crippen LogP contribution >= 0.6 is 23.2 Å². The Morgan fingerprint density at radius 1 is 0.788 bits per heavy atom. The molecule has 0 spiro atoms. The van der Waals surface area contributed by atoms with Crippen molar-refractivity contribution >= 4 is 46.5 Å². The Bertz CT molecular complexity index is 1090. The molecule has 0 saturated carbocycles. The van der Waals surface area contributed by atoms with E-state index in [-0.39, 0.29) is 32.1 Å². The lowest BCUT2D eigenvalue weighted by Crippen LogP contribution is -2.23. The summed E-state index contributed by atoms with van der Waals surface area (Å²) in [5.74, 6) is 0.447. The molecule has 0 aliphatic carbocycles. The van der Waals surface area contributed by atoms with E-state index in [1.165, 1.54) is 6.07 Å². The number of nitrogens with zero attached hydrogens (tertiary/aromatic N) is 1. The number of halogens is 2. The van der Waals surface area contributed by atoms with Gasteiger partial charge in [-0.3, -0.25) is 9.59 Å². The minimum Gasteiger partial charge on any atom is -0.484 e. The van der Waals surface area contributed by atoms with E-state index in [1.807, 2.05) is 0 Å². The van der Waals surface area contributed by atoms with Gasteiger partial charge in [0.2, 0.25) is 0 Å². The second-order valence-corrected chi connectivity index (χ2v) is 7.62. The monoisotopic (exact) mass is 489 g/mol. The third-order valence-electron chi connectivity index (χ3n) is 4.23. The number of pyridine rings is 1. The standard InChI is InChI=1S/C23H21Cl2N3O5/c24-15-1-5-17(6-2-15)32-13-22(30)27-19-9-10-21(26-20(19)11-12-29)28-23(31)14-33-18-7-3-16(25)4-8-18/h1-10,29H,11-14H2,(H,27,30)(H,26,28,31). The number of nitrogens with one attached hydrogen (secondary N) is 2. The summed E-state index contributed by atoms with van der Waals surface area (Å²) >= 11 is 11.6. The highest BCUT2D eigenvalue weighted by Gasteiger charge is 2.12. The fraction of sp³-hybridized carbons (Fsp3) is 0.174. The Morgan fingerprint density at radius 3 is 1.82 bits per heavy atom. The molecule has 2 aromatic carbocycles. The van der Waals surface area contributed by atoms with E-state index in [1.54, 1.807) is 54.6 Å². The highest BCUT2D eigenvalue weighted by Crippen LogP contribution is 2.19. The van der Waals surface area contributed by atoms with Crippen molar-refractivity contribution < 1.29 is 24.2 Å². The molecule has 3 rings (SSSR count). The van der Waals surface area contributed by atoms with Gasteiger partial charge in [0.25, 0.3) is 11.8 Å². The van der Waals surface area contributed by atoms with Gasteiger partial charge in [0.15, 0.2) is 13.2 Å². The molecular formula is C23H21Cl2N3O5. The van der Waals surface area contributed by atoms with Crippen molar-refractivity contribution in [3.63, 3.8) is 0 Å². The van der Waals surface area contributed by atoms with Gasteiger partial charge in [-0.1, -0.05) is 23.2 Å². The van der Waals surface area contributed by atoms with E-state index in [0.717, 1.165) is 0 Å². The normalized spacial score (nSPS) is 10.4. The Kier molecular flexibility index (Phi) is 8.88. The third-order valence-corrected chi connectivity index (χ3v) is 4.74. The third kappa shape index (κ3) is 7.94. The summed E-state index contributed by atoms with van der Waals surface area (Å²) in [6.45, 7) is -0.631. The molecule has 0 fully saturated rings. The van der Waals surface area contributed by atoms with Crippen molar-refractivity contribution in [3.05, 3.63) is 76.4 Å². The average Bonchev–Trinajstić information content (AvgIpc) is 2.80. The van der Waals surface area contributed by atoms with Crippen LogP contribution in [0.15, 0.2) is 60.7 Å². The number of aliphatic hydroxyl groups is 1. The van der Waals surface area contributed by atoms with Crippen LogP contribution in [0.4, 0.5) is 11.5 Å².